The van der Waals surface area contributed by atoms with Crippen molar-refractivity contribution in [2.24, 2.45) is 0 Å². The van der Waals surface area contributed by atoms with Gasteiger partial charge in [0.1, 0.15) is 5.75 Å². The van der Waals surface area contributed by atoms with Crippen LogP contribution in [0.3, 0.4) is 0 Å². The molecule has 0 saturated heterocycles. The third-order valence-corrected chi connectivity index (χ3v) is 1.23. The molecular formula is C7H10BNO3. The minimum atomic E-state index is -0.338. The standard InChI is InChI=1S/C7H10BNO3/c1-2-11-7-4-3-6(5-9-7)12-8-10/h3-5,8,10H,2H2,1H3. The molecule has 0 aliphatic heterocycles. The van der Waals surface area contributed by atoms with Crippen LogP contribution in [0.15, 0.2) is 18.3 Å². The summed E-state index contributed by atoms with van der Waals surface area (Å²) in [6, 6.07) is 3.38. The Kier molecular flexibility index (Phi) is 3.41. The van der Waals surface area contributed by atoms with E-state index in [0.29, 0.717) is 18.2 Å². The van der Waals surface area contributed by atoms with Crippen LogP contribution in [0, 0.1) is 0 Å². The molecule has 4 nitrogen and oxygen atoms in total. The number of pyridine rings is 1. The summed E-state index contributed by atoms with van der Waals surface area (Å²) in [5.41, 5.74) is 0. The van der Waals surface area contributed by atoms with Gasteiger partial charge in [0.05, 0.1) is 12.8 Å². The molecule has 1 heterocycles. The fourth-order valence-corrected chi connectivity index (χ4v) is 0.760. The molecule has 1 aromatic heterocycles. The van der Waals surface area contributed by atoms with Crippen LogP contribution in [-0.2, 0) is 0 Å². The summed E-state index contributed by atoms with van der Waals surface area (Å²) in [4.78, 5) is 3.93. The summed E-state index contributed by atoms with van der Waals surface area (Å²) < 4.78 is 9.89. The Morgan fingerprint density at radius 1 is 1.58 bits per heavy atom. The molecule has 0 radical (unpaired) electrons. The van der Waals surface area contributed by atoms with E-state index in [0.717, 1.165) is 0 Å². The maximum absolute atomic E-state index is 8.41. The first-order chi connectivity index (χ1) is 5.86. The smallest absolute Gasteiger partial charge is 0.504 e. The van der Waals surface area contributed by atoms with Gasteiger partial charge in [-0.2, -0.15) is 0 Å². The van der Waals surface area contributed by atoms with E-state index in [4.69, 9.17) is 14.4 Å². The first kappa shape index (κ1) is 8.87. The number of ether oxygens (including phenoxy) is 1. The van der Waals surface area contributed by atoms with Crippen molar-refractivity contribution < 1.29 is 14.4 Å². The van der Waals surface area contributed by atoms with Crippen molar-refractivity contribution in [3.8, 4) is 11.6 Å². The van der Waals surface area contributed by atoms with Crippen molar-refractivity contribution in [2.75, 3.05) is 6.61 Å². The second-order valence-corrected chi connectivity index (χ2v) is 2.04. The number of rotatable bonds is 4. The first-order valence-electron chi connectivity index (χ1n) is 3.69. The van der Waals surface area contributed by atoms with Gasteiger partial charge in [-0.1, -0.05) is 0 Å². The molecule has 0 aliphatic rings. The van der Waals surface area contributed by atoms with E-state index in [1.807, 2.05) is 6.92 Å². The summed E-state index contributed by atoms with van der Waals surface area (Å²) in [6.45, 7) is 2.48. The van der Waals surface area contributed by atoms with Gasteiger partial charge in [-0.05, 0) is 13.0 Å². The number of nitrogens with zero attached hydrogens (tertiary/aromatic N) is 1. The van der Waals surface area contributed by atoms with Gasteiger partial charge >= 0.3 is 7.69 Å². The Bertz CT molecular complexity index is 202. The fraction of sp³-hybridized carbons (Fsp3) is 0.286. The molecule has 5 heteroatoms. The Hall–Kier alpha value is -1.23. The van der Waals surface area contributed by atoms with Gasteiger partial charge in [-0.3, -0.25) is 0 Å². The molecule has 64 valence electrons. The van der Waals surface area contributed by atoms with Crippen LogP contribution in [0.5, 0.6) is 11.6 Å². The van der Waals surface area contributed by atoms with Gasteiger partial charge in [0.2, 0.25) is 5.88 Å². The molecule has 0 atom stereocenters. The molecule has 1 N–H and O–H groups in total. The molecule has 0 aromatic carbocycles. The Morgan fingerprint density at radius 2 is 2.42 bits per heavy atom. The van der Waals surface area contributed by atoms with Crippen LogP contribution in [0.4, 0.5) is 0 Å². The Morgan fingerprint density at radius 3 is 2.92 bits per heavy atom. The van der Waals surface area contributed by atoms with Crippen molar-refractivity contribution in [3.05, 3.63) is 18.3 Å². The molecule has 1 rings (SSSR count). The fourth-order valence-electron chi connectivity index (χ4n) is 0.760. The van der Waals surface area contributed by atoms with E-state index in [1.54, 1.807) is 12.1 Å². The lowest BCUT2D eigenvalue weighted by Gasteiger charge is -2.03. The van der Waals surface area contributed by atoms with Crippen LogP contribution < -0.4 is 9.39 Å². The topological polar surface area (TPSA) is 51.6 Å². The molecule has 0 unspecified atom stereocenters. The maximum Gasteiger partial charge on any atom is 0.504 e. The van der Waals surface area contributed by atoms with Crippen LogP contribution in [-0.4, -0.2) is 24.3 Å². The highest BCUT2D eigenvalue weighted by atomic mass is 16.5. The molecule has 0 saturated carbocycles. The van der Waals surface area contributed by atoms with Gasteiger partial charge in [0.15, 0.2) is 0 Å². The van der Waals surface area contributed by atoms with E-state index in [2.05, 4.69) is 4.98 Å². The third-order valence-electron chi connectivity index (χ3n) is 1.23. The van der Waals surface area contributed by atoms with Crippen LogP contribution in [0.25, 0.3) is 0 Å². The summed E-state index contributed by atoms with van der Waals surface area (Å²) in [5.74, 6) is 1.09. The molecule has 1 aromatic rings. The number of aromatic nitrogens is 1. The Labute approximate surface area is 71.5 Å². The summed E-state index contributed by atoms with van der Waals surface area (Å²) >= 11 is 0. The lowest BCUT2D eigenvalue weighted by atomic mass is 10.4. The zero-order valence-corrected chi connectivity index (χ0v) is 6.86. The van der Waals surface area contributed by atoms with Crippen LogP contribution in [0.1, 0.15) is 6.92 Å². The van der Waals surface area contributed by atoms with Crippen molar-refractivity contribution in [3.63, 3.8) is 0 Å². The molecule has 0 amide bonds. The minimum absolute atomic E-state index is 0.338. The van der Waals surface area contributed by atoms with E-state index < -0.39 is 0 Å². The second kappa shape index (κ2) is 4.61. The average molecular weight is 167 g/mol. The van der Waals surface area contributed by atoms with Crippen molar-refractivity contribution >= 4 is 7.69 Å². The Balaban J connectivity index is 2.58. The van der Waals surface area contributed by atoms with Crippen molar-refractivity contribution in [1.82, 2.24) is 4.98 Å². The zero-order chi connectivity index (χ0) is 8.81. The van der Waals surface area contributed by atoms with E-state index >= 15 is 0 Å². The first-order valence-corrected chi connectivity index (χ1v) is 3.69. The normalized spacial score (nSPS) is 9.17. The van der Waals surface area contributed by atoms with Crippen LogP contribution in [0.2, 0.25) is 0 Å². The monoisotopic (exact) mass is 167 g/mol. The molecule has 0 spiro atoms. The van der Waals surface area contributed by atoms with Crippen molar-refractivity contribution in [2.45, 2.75) is 6.92 Å². The molecule has 12 heavy (non-hydrogen) atoms. The summed E-state index contributed by atoms with van der Waals surface area (Å²) in [5, 5.41) is 8.41. The highest BCUT2D eigenvalue weighted by molar-refractivity contribution is 6.17. The lowest BCUT2D eigenvalue weighted by molar-refractivity contribution is 0.326. The number of hydrogen-bond donors (Lipinski definition) is 1. The van der Waals surface area contributed by atoms with Gasteiger partial charge in [0.25, 0.3) is 0 Å². The van der Waals surface area contributed by atoms with Crippen molar-refractivity contribution in [1.29, 1.82) is 0 Å². The van der Waals surface area contributed by atoms with Gasteiger partial charge < -0.3 is 14.4 Å². The quantitative estimate of drug-likeness (QED) is 0.647. The van der Waals surface area contributed by atoms with E-state index in [9.17, 15) is 0 Å². The van der Waals surface area contributed by atoms with Crippen LogP contribution >= 0.6 is 0 Å². The highest BCUT2D eigenvalue weighted by Crippen LogP contribution is 2.12. The SMILES string of the molecule is CCOc1ccc(OBO)cn1. The zero-order valence-electron chi connectivity index (χ0n) is 6.86. The largest absolute Gasteiger partial charge is 0.538 e. The summed E-state index contributed by atoms with van der Waals surface area (Å²) in [7, 11) is -0.338. The number of hydrogen-bond acceptors (Lipinski definition) is 4. The third kappa shape index (κ3) is 2.43. The lowest BCUT2D eigenvalue weighted by Crippen LogP contribution is -2.00. The second-order valence-electron chi connectivity index (χ2n) is 2.04. The molecule has 0 aliphatic carbocycles. The average Bonchev–Trinajstić information content (AvgIpc) is 2.09. The molecule has 0 fully saturated rings. The molecular weight excluding hydrogens is 157 g/mol. The van der Waals surface area contributed by atoms with Gasteiger partial charge in [-0.15, -0.1) is 0 Å². The predicted octanol–water partition coefficient (Wildman–Crippen LogP) is 0.118. The van der Waals surface area contributed by atoms with E-state index in [1.165, 1.54) is 6.20 Å². The summed E-state index contributed by atoms with van der Waals surface area (Å²) in [6.07, 6.45) is 1.50. The highest BCUT2D eigenvalue weighted by Gasteiger charge is 1.95. The van der Waals surface area contributed by atoms with E-state index in [-0.39, 0.29) is 7.69 Å². The maximum atomic E-state index is 8.41. The predicted molar refractivity (Wildman–Crippen MR) is 45.4 cm³/mol. The molecule has 0 bridgehead atoms. The minimum Gasteiger partial charge on any atom is -0.538 e. The van der Waals surface area contributed by atoms with Gasteiger partial charge in [0, 0.05) is 6.07 Å². The van der Waals surface area contributed by atoms with Gasteiger partial charge in [-0.25, -0.2) is 4.98 Å².